The fourth-order valence-electron chi connectivity index (χ4n) is 1.80. The van der Waals surface area contributed by atoms with Crippen molar-refractivity contribution in [1.82, 2.24) is 4.90 Å². The summed E-state index contributed by atoms with van der Waals surface area (Å²) in [5.74, 6) is 0.918. The van der Waals surface area contributed by atoms with Crippen LogP contribution in [-0.2, 0) is 6.54 Å². The fourth-order valence-corrected chi connectivity index (χ4v) is 1.80. The average Bonchev–Trinajstić information content (AvgIpc) is 2.30. The Kier molecular flexibility index (Phi) is 5.90. The van der Waals surface area contributed by atoms with Crippen LogP contribution in [0.5, 0.6) is 5.75 Å². The molecule has 0 radical (unpaired) electrons. The molecule has 0 amide bonds. The van der Waals surface area contributed by atoms with Gasteiger partial charge in [0.25, 0.3) is 0 Å². The summed E-state index contributed by atoms with van der Waals surface area (Å²) in [4.78, 5) is 2.37. The highest BCUT2D eigenvalue weighted by molar-refractivity contribution is 5.28. The van der Waals surface area contributed by atoms with Crippen LogP contribution in [0.4, 0.5) is 0 Å². The molecule has 0 heterocycles. The molecule has 0 aliphatic carbocycles. The molecule has 0 bridgehead atoms. The second kappa shape index (κ2) is 7.25. The van der Waals surface area contributed by atoms with Gasteiger partial charge in [0.1, 0.15) is 5.75 Å². The average molecular weight is 222 g/mol. The minimum Gasteiger partial charge on any atom is -0.497 e. The van der Waals surface area contributed by atoms with E-state index in [0.29, 0.717) is 6.54 Å². The van der Waals surface area contributed by atoms with Crippen molar-refractivity contribution in [3.8, 4) is 5.75 Å². The summed E-state index contributed by atoms with van der Waals surface area (Å²) in [5.41, 5.74) is 6.88. The SMILES string of the molecule is CCCN(CCN)Cc1cccc(OC)c1. The van der Waals surface area contributed by atoms with Gasteiger partial charge in [0.05, 0.1) is 7.11 Å². The Morgan fingerprint density at radius 3 is 2.75 bits per heavy atom. The molecule has 1 aromatic carbocycles. The summed E-state index contributed by atoms with van der Waals surface area (Å²) in [5, 5.41) is 0. The van der Waals surface area contributed by atoms with Gasteiger partial charge in [-0.15, -0.1) is 0 Å². The molecule has 16 heavy (non-hydrogen) atoms. The van der Waals surface area contributed by atoms with Crippen LogP contribution in [0.2, 0.25) is 0 Å². The van der Waals surface area contributed by atoms with Crippen LogP contribution in [0, 0.1) is 0 Å². The standard InChI is InChI=1S/C13H22N2O/c1-3-8-15(9-7-14)11-12-5-4-6-13(10-12)16-2/h4-6,10H,3,7-9,11,14H2,1-2H3. The van der Waals surface area contributed by atoms with Gasteiger partial charge < -0.3 is 10.5 Å². The molecular weight excluding hydrogens is 200 g/mol. The summed E-state index contributed by atoms with van der Waals surface area (Å²) < 4.78 is 5.21. The first-order valence-corrected chi connectivity index (χ1v) is 5.85. The smallest absolute Gasteiger partial charge is 0.119 e. The van der Waals surface area contributed by atoms with Gasteiger partial charge in [-0.2, -0.15) is 0 Å². The van der Waals surface area contributed by atoms with E-state index in [4.69, 9.17) is 10.5 Å². The number of nitrogens with two attached hydrogens (primary N) is 1. The predicted molar refractivity (Wildman–Crippen MR) is 67.6 cm³/mol. The largest absolute Gasteiger partial charge is 0.497 e. The van der Waals surface area contributed by atoms with E-state index in [9.17, 15) is 0 Å². The van der Waals surface area contributed by atoms with Crippen LogP contribution < -0.4 is 10.5 Å². The first-order valence-electron chi connectivity index (χ1n) is 5.85. The van der Waals surface area contributed by atoms with Crippen LogP contribution in [0.3, 0.4) is 0 Å². The van der Waals surface area contributed by atoms with Crippen LogP contribution in [0.15, 0.2) is 24.3 Å². The van der Waals surface area contributed by atoms with Crippen molar-refractivity contribution in [2.75, 3.05) is 26.7 Å². The van der Waals surface area contributed by atoms with E-state index in [0.717, 1.165) is 31.8 Å². The number of benzene rings is 1. The normalized spacial score (nSPS) is 10.8. The van der Waals surface area contributed by atoms with Crippen LogP contribution in [0.1, 0.15) is 18.9 Å². The first kappa shape index (κ1) is 13.0. The first-order chi connectivity index (χ1) is 7.80. The lowest BCUT2D eigenvalue weighted by Gasteiger charge is -2.21. The van der Waals surface area contributed by atoms with Gasteiger partial charge in [-0.1, -0.05) is 19.1 Å². The summed E-state index contributed by atoms with van der Waals surface area (Å²) in [6, 6.07) is 8.21. The number of rotatable bonds is 7. The van der Waals surface area contributed by atoms with E-state index in [-0.39, 0.29) is 0 Å². The van der Waals surface area contributed by atoms with Crippen molar-refractivity contribution >= 4 is 0 Å². The third-order valence-electron chi connectivity index (χ3n) is 2.53. The molecule has 0 fully saturated rings. The van der Waals surface area contributed by atoms with Crippen molar-refractivity contribution in [2.45, 2.75) is 19.9 Å². The van der Waals surface area contributed by atoms with E-state index < -0.39 is 0 Å². The molecule has 3 heteroatoms. The molecule has 3 nitrogen and oxygen atoms in total. The maximum Gasteiger partial charge on any atom is 0.119 e. The highest BCUT2D eigenvalue weighted by Gasteiger charge is 2.04. The zero-order chi connectivity index (χ0) is 11.8. The summed E-state index contributed by atoms with van der Waals surface area (Å²) in [6.07, 6.45) is 1.16. The molecule has 0 atom stereocenters. The van der Waals surface area contributed by atoms with E-state index in [1.54, 1.807) is 7.11 Å². The quantitative estimate of drug-likeness (QED) is 0.765. The molecule has 0 aliphatic rings. The topological polar surface area (TPSA) is 38.5 Å². The number of nitrogens with zero attached hydrogens (tertiary/aromatic N) is 1. The van der Waals surface area contributed by atoms with Crippen molar-refractivity contribution in [3.63, 3.8) is 0 Å². The minimum atomic E-state index is 0.712. The van der Waals surface area contributed by atoms with Gasteiger partial charge in [0.2, 0.25) is 0 Å². The number of hydrogen-bond acceptors (Lipinski definition) is 3. The van der Waals surface area contributed by atoms with Crippen molar-refractivity contribution in [3.05, 3.63) is 29.8 Å². The van der Waals surface area contributed by atoms with Crippen LogP contribution >= 0.6 is 0 Å². The molecule has 1 rings (SSSR count). The Labute approximate surface area is 98.2 Å². The van der Waals surface area contributed by atoms with Gasteiger partial charge in [0.15, 0.2) is 0 Å². The van der Waals surface area contributed by atoms with Gasteiger partial charge in [-0.05, 0) is 30.7 Å². The Bertz CT molecular complexity index is 296. The molecule has 0 aliphatic heterocycles. The van der Waals surface area contributed by atoms with Gasteiger partial charge in [0, 0.05) is 19.6 Å². The third-order valence-corrected chi connectivity index (χ3v) is 2.53. The summed E-state index contributed by atoms with van der Waals surface area (Å²) in [6.45, 7) is 5.89. The fraction of sp³-hybridized carbons (Fsp3) is 0.538. The highest BCUT2D eigenvalue weighted by atomic mass is 16.5. The summed E-state index contributed by atoms with van der Waals surface area (Å²) in [7, 11) is 1.70. The Morgan fingerprint density at radius 2 is 2.12 bits per heavy atom. The Morgan fingerprint density at radius 1 is 1.31 bits per heavy atom. The van der Waals surface area contributed by atoms with E-state index in [2.05, 4.69) is 24.0 Å². The van der Waals surface area contributed by atoms with Gasteiger partial charge in [-0.3, -0.25) is 4.90 Å². The predicted octanol–water partition coefficient (Wildman–Crippen LogP) is 1.87. The molecule has 90 valence electrons. The van der Waals surface area contributed by atoms with E-state index in [1.165, 1.54) is 5.56 Å². The molecule has 0 aromatic heterocycles. The van der Waals surface area contributed by atoms with E-state index >= 15 is 0 Å². The second-order valence-corrected chi connectivity index (χ2v) is 3.92. The molecule has 0 saturated heterocycles. The molecule has 1 aromatic rings. The Balaban J connectivity index is 2.60. The van der Waals surface area contributed by atoms with E-state index in [1.807, 2.05) is 12.1 Å². The van der Waals surface area contributed by atoms with Crippen LogP contribution in [-0.4, -0.2) is 31.6 Å². The molecule has 0 saturated carbocycles. The molecule has 0 spiro atoms. The number of ether oxygens (including phenoxy) is 1. The minimum absolute atomic E-state index is 0.712. The third kappa shape index (κ3) is 4.21. The van der Waals surface area contributed by atoms with Crippen molar-refractivity contribution in [2.24, 2.45) is 5.73 Å². The monoisotopic (exact) mass is 222 g/mol. The van der Waals surface area contributed by atoms with Crippen molar-refractivity contribution in [1.29, 1.82) is 0 Å². The highest BCUT2D eigenvalue weighted by Crippen LogP contribution is 2.14. The van der Waals surface area contributed by atoms with Crippen LogP contribution in [0.25, 0.3) is 0 Å². The zero-order valence-corrected chi connectivity index (χ0v) is 10.3. The lowest BCUT2D eigenvalue weighted by molar-refractivity contribution is 0.273. The van der Waals surface area contributed by atoms with Gasteiger partial charge in [-0.25, -0.2) is 0 Å². The zero-order valence-electron chi connectivity index (χ0n) is 10.3. The molecule has 2 N–H and O–H groups in total. The summed E-state index contributed by atoms with van der Waals surface area (Å²) >= 11 is 0. The molecular formula is C13H22N2O. The maximum atomic E-state index is 5.60. The Hall–Kier alpha value is -1.06. The number of methoxy groups -OCH3 is 1. The number of hydrogen-bond donors (Lipinski definition) is 1. The van der Waals surface area contributed by atoms with Gasteiger partial charge >= 0.3 is 0 Å². The maximum absolute atomic E-state index is 5.60. The second-order valence-electron chi connectivity index (χ2n) is 3.92. The lowest BCUT2D eigenvalue weighted by atomic mass is 10.2. The molecule has 0 unspecified atom stereocenters. The van der Waals surface area contributed by atoms with Crippen molar-refractivity contribution < 1.29 is 4.74 Å². The lowest BCUT2D eigenvalue weighted by Crippen LogP contribution is -2.29.